The average molecular weight is 911 g/mol. The molecule has 2 aromatic carbocycles. The molecule has 4 aliphatic rings. The quantitative estimate of drug-likeness (QED) is 0.123. The summed E-state index contributed by atoms with van der Waals surface area (Å²) in [5.41, 5.74) is 6.65. The maximum Gasteiger partial charge on any atom is 0.162 e. The van der Waals surface area contributed by atoms with Crippen LogP contribution >= 0.6 is 22.7 Å². The molecule has 3 unspecified atom stereocenters. The number of benzene rings is 2. The molecule has 0 bridgehead atoms. The monoisotopic (exact) mass is 910 g/mol. The predicted molar refractivity (Wildman–Crippen MR) is 258 cm³/mol. The van der Waals surface area contributed by atoms with Gasteiger partial charge in [-0.15, -0.1) is 22.7 Å². The van der Waals surface area contributed by atoms with Crippen LogP contribution in [0.15, 0.2) is 54.9 Å². The smallest absolute Gasteiger partial charge is 0.162 e. The second-order valence-electron chi connectivity index (χ2n) is 18.3. The van der Waals surface area contributed by atoms with Gasteiger partial charge in [0.25, 0.3) is 0 Å². The summed E-state index contributed by atoms with van der Waals surface area (Å²) in [4.78, 5) is 33.6. The number of piperidine rings is 2. The Labute approximate surface area is 384 Å². The fraction of sp³-hybridized carbons (Fsp3) is 0.458. The van der Waals surface area contributed by atoms with Gasteiger partial charge in [-0.3, -0.25) is 20.0 Å². The largest absolute Gasteiger partial charge is 0.388 e. The maximum absolute atomic E-state index is 13.0. The highest BCUT2D eigenvalue weighted by Gasteiger charge is 2.35. The lowest BCUT2D eigenvalue weighted by atomic mass is 9.88. The summed E-state index contributed by atoms with van der Waals surface area (Å²) in [5.74, 6) is 3.95. The van der Waals surface area contributed by atoms with Crippen LogP contribution in [0.5, 0.6) is 0 Å². The van der Waals surface area contributed by atoms with E-state index in [1.165, 1.54) is 22.6 Å². The number of ether oxygens (including phenoxy) is 2. The second kappa shape index (κ2) is 17.6. The molecule has 4 fully saturated rings. The van der Waals surface area contributed by atoms with Crippen LogP contribution in [-0.2, 0) is 22.6 Å². The minimum Gasteiger partial charge on any atom is -0.388 e. The van der Waals surface area contributed by atoms with E-state index in [-0.39, 0.29) is 5.92 Å². The fourth-order valence-corrected chi connectivity index (χ4v) is 13.1. The third kappa shape index (κ3) is 7.94. The second-order valence-corrected chi connectivity index (χ2v) is 20.6. The van der Waals surface area contributed by atoms with Gasteiger partial charge < -0.3 is 24.4 Å². The molecule has 336 valence electrons. The van der Waals surface area contributed by atoms with Crippen molar-refractivity contribution in [3.05, 3.63) is 70.2 Å². The topological polar surface area (TPSA) is 161 Å². The van der Waals surface area contributed by atoms with Crippen LogP contribution in [0, 0.1) is 11.8 Å². The lowest BCUT2D eigenvalue weighted by Gasteiger charge is -2.35. The van der Waals surface area contributed by atoms with Crippen LogP contribution < -0.4 is 9.80 Å². The van der Waals surface area contributed by atoms with Crippen LogP contribution in [0.25, 0.3) is 65.0 Å². The third-order valence-corrected chi connectivity index (χ3v) is 16.2. The minimum atomic E-state index is -0.692. The molecule has 0 radical (unpaired) electrons. The van der Waals surface area contributed by atoms with E-state index in [1.807, 2.05) is 36.7 Å². The first-order valence-corrected chi connectivity index (χ1v) is 24.9. The van der Waals surface area contributed by atoms with Crippen LogP contribution in [0.1, 0.15) is 54.0 Å². The zero-order valence-corrected chi connectivity index (χ0v) is 38.3. The number of aliphatic hydroxyl groups is 1. The fourth-order valence-electron chi connectivity index (χ4n) is 10.6. The number of likely N-dealkylation sites (tertiary alicyclic amines) is 2. The number of morpholine rings is 2. The summed E-state index contributed by atoms with van der Waals surface area (Å²) in [6.45, 7) is 13.6. The average Bonchev–Trinajstić information content (AvgIpc) is 4.17. The lowest BCUT2D eigenvalue weighted by molar-refractivity contribution is 0.0478. The van der Waals surface area contributed by atoms with Gasteiger partial charge in [-0.05, 0) is 62.9 Å². The number of hydrogen-bond donors (Lipinski definition) is 3. The van der Waals surface area contributed by atoms with Gasteiger partial charge in [-0.2, -0.15) is 10.2 Å². The highest BCUT2D eigenvalue weighted by Crippen LogP contribution is 2.45. The number of aromatic amines is 2. The predicted octanol–water partition coefficient (Wildman–Crippen LogP) is 7.63. The molecular formula is C48H54N12O3S2. The molecule has 4 saturated heterocycles. The van der Waals surface area contributed by atoms with Gasteiger partial charge in [0.15, 0.2) is 23.3 Å². The Morgan fingerprint density at radius 1 is 0.708 bits per heavy atom. The summed E-state index contributed by atoms with van der Waals surface area (Å²) in [6.07, 6.45) is 7.44. The first kappa shape index (κ1) is 41.3. The number of aliphatic hydroxyl groups excluding tert-OH is 1. The van der Waals surface area contributed by atoms with Crippen molar-refractivity contribution in [1.29, 1.82) is 0 Å². The van der Waals surface area contributed by atoms with E-state index < -0.39 is 6.10 Å². The summed E-state index contributed by atoms with van der Waals surface area (Å²) in [6, 6.07) is 14.6. The maximum atomic E-state index is 13.0. The van der Waals surface area contributed by atoms with Crippen molar-refractivity contribution in [3.8, 4) is 22.8 Å². The van der Waals surface area contributed by atoms with Crippen molar-refractivity contribution in [1.82, 2.24) is 50.1 Å². The van der Waals surface area contributed by atoms with E-state index in [4.69, 9.17) is 29.4 Å². The number of fused-ring (bicyclic) bond motifs is 4. The van der Waals surface area contributed by atoms with Crippen molar-refractivity contribution in [3.63, 3.8) is 0 Å². The highest BCUT2D eigenvalue weighted by molar-refractivity contribution is 7.20. The molecule has 0 amide bonds. The standard InChI is InChI=1S/C48H54N12O3S2/c1-29-6-4-12-57(25-29)28-39-40(41-44(65-39)48(60-16-20-63-21-17-60)54-46(52-41)33-9-3-11-37-35(33)24-50-56-37)42(61)30-7-5-13-58(26-30)27-31-22-38-43(64-31)47(59-14-18-62-19-15-59)53-45(51-38)32-8-2-10-36-34(32)23-49-55-36/h2-3,8-11,22-24,29-30,42,61H,4-7,12-21,25-28H2,1H3,(H,49,55)(H,50,56). The van der Waals surface area contributed by atoms with Crippen LogP contribution in [0.4, 0.5) is 11.6 Å². The zero-order valence-electron chi connectivity index (χ0n) is 36.7. The number of H-pyrrole nitrogens is 2. The number of hydrogen-bond acceptors (Lipinski definition) is 15. The molecule has 3 N–H and O–H groups in total. The summed E-state index contributed by atoms with van der Waals surface area (Å²) >= 11 is 3.59. The van der Waals surface area contributed by atoms with E-state index in [1.54, 1.807) is 22.7 Å². The van der Waals surface area contributed by atoms with Crippen molar-refractivity contribution >= 4 is 76.5 Å². The van der Waals surface area contributed by atoms with Gasteiger partial charge in [-0.25, -0.2) is 19.9 Å². The number of nitrogens with zero attached hydrogens (tertiary/aromatic N) is 10. The Hall–Kier alpha value is -5.14. The van der Waals surface area contributed by atoms with Gasteiger partial charge in [0.1, 0.15) is 0 Å². The molecule has 0 aliphatic carbocycles. The van der Waals surface area contributed by atoms with Gasteiger partial charge in [0.05, 0.1) is 76.4 Å². The molecule has 3 atom stereocenters. The molecule has 17 heteroatoms. The molecular weight excluding hydrogens is 857 g/mol. The van der Waals surface area contributed by atoms with E-state index in [0.717, 1.165) is 149 Å². The van der Waals surface area contributed by atoms with Crippen LogP contribution in [-0.4, -0.2) is 134 Å². The van der Waals surface area contributed by atoms with E-state index in [2.05, 4.69) is 65.1 Å². The molecule has 15 nitrogen and oxygen atoms in total. The molecule has 4 aliphatic heterocycles. The molecule has 8 aromatic rings. The van der Waals surface area contributed by atoms with Gasteiger partial charge in [-0.1, -0.05) is 31.2 Å². The number of aromatic nitrogens is 8. The molecule has 6 aromatic heterocycles. The van der Waals surface area contributed by atoms with E-state index >= 15 is 0 Å². The normalized spacial score (nSPS) is 21.1. The Morgan fingerprint density at radius 2 is 1.32 bits per heavy atom. The Morgan fingerprint density at radius 3 is 1.98 bits per heavy atom. The SMILES string of the molecule is CC1CCCN(Cc2sc3c(N4CCOCC4)nc(-c4cccc5[nH]ncc45)nc3c2C(O)C2CCCN(Cc3cc4nc(-c5cccc6[nH]ncc56)nc(N5CCOCC5)c4s3)C2)C1. The van der Waals surface area contributed by atoms with Gasteiger partial charge in [0, 0.05) is 95.5 Å². The lowest BCUT2D eigenvalue weighted by Crippen LogP contribution is -2.38. The summed E-state index contributed by atoms with van der Waals surface area (Å²) in [7, 11) is 0. The minimum absolute atomic E-state index is 0.0308. The molecule has 0 saturated carbocycles. The van der Waals surface area contributed by atoms with E-state index in [9.17, 15) is 5.11 Å². The Balaban J connectivity index is 0.901. The molecule has 12 rings (SSSR count). The third-order valence-electron chi connectivity index (χ3n) is 13.9. The first-order valence-electron chi connectivity index (χ1n) is 23.3. The number of nitrogens with one attached hydrogen (secondary N) is 2. The first-order chi connectivity index (χ1) is 32.0. The van der Waals surface area contributed by atoms with Gasteiger partial charge >= 0.3 is 0 Å². The van der Waals surface area contributed by atoms with Crippen molar-refractivity contribution in [2.75, 3.05) is 88.6 Å². The Bertz CT molecular complexity index is 2990. The van der Waals surface area contributed by atoms with Crippen molar-refractivity contribution < 1.29 is 14.6 Å². The summed E-state index contributed by atoms with van der Waals surface area (Å²) in [5, 5.41) is 29.9. The Kier molecular flexibility index (Phi) is 11.2. The molecule has 65 heavy (non-hydrogen) atoms. The highest BCUT2D eigenvalue weighted by atomic mass is 32.1. The van der Waals surface area contributed by atoms with E-state index in [0.29, 0.717) is 44.0 Å². The van der Waals surface area contributed by atoms with Crippen molar-refractivity contribution in [2.45, 2.75) is 51.8 Å². The van der Waals surface area contributed by atoms with Crippen LogP contribution in [0.3, 0.4) is 0 Å². The van der Waals surface area contributed by atoms with Gasteiger partial charge in [0.2, 0.25) is 0 Å². The number of thiophene rings is 2. The molecule has 10 heterocycles. The molecule has 0 spiro atoms. The van der Waals surface area contributed by atoms with Crippen molar-refractivity contribution in [2.24, 2.45) is 11.8 Å². The summed E-state index contributed by atoms with van der Waals surface area (Å²) < 4.78 is 13.8. The number of anilines is 2. The number of rotatable bonds is 10. The zero-order chi connectivity index (χ0) is 43.4. The van der Waals surface area contributed by atoms with Crippen LogP contribution in [0.2, 0.25) is 0 Å².